The predicted molar refractivity (Wildman–Crippen MR) is 76.9 cm³/mol. The van der Waals surface area contributed by atoms with Crippen LogP contribution in [-0.4, -0.2) is 24.2 Å². The predicted octanol–water partition coefficient (Wildman–Crippen LogP) is 1.17. The van der Waals surface area contributed by atoms with Gasteiger partial charge < -0.3 is 16.8 Å². The molecule has 0 saturated carbocycles. The summed E-state index contributed by atoms with van der Waals surface area (Å²) in [6, 6.07) is -0.269. The Morgan fingerprint density at radius 1 is 1.45 bits per heavy atom. The molecule has 0 fully saturated rings. The molecule has 1 aliphatic heterocycles. The van der Waals surface area contributed by atoms with E-state index in [4.69, 9.17) is 11.5 Å². The van der Waals surface area contributed by atoms with Crippen LogP contribution < -0.4 is 22.1 Å². The van der Waals surface area contributed by atoms with Crippen molar-refractivity contribution in [2.75, 3.05) is 0 Å². The molecule has 0 aliphatic carbocycles. The Hall–Kier alpha value is -1.89. The van der Waals surface area contributed by atoms with Crippen LogP contribution in [0.2, 0.25) is 0 Å². The maximum absolute atomic E-state index is 13.2. The Morgan fingerprint density at radius 2 is 2.15 bits per heavy atom. The quantitative estimate of drug-likeness (QED) is 0.347. The highest BCUT2D eigenvalue weighted by Gasteiger charge is 2.20. The van der Waals surface area contributed by atoms with Gasteiger partial charge in [-0.1, -0.05) is 6.92 Å². The zero-order chi connectivity index (χ0) is 15.1. The minimum Gasteiger partial charge on any atom is -0.384 e. The number of nitrogens with zero attached hydrogens (tertiary/aromatic N) is 1. The van der Waals surface area contributed by atoms with Crippen molar-refractivity contribution in [1.82, 2.24) is 10.6 Å². The molecular formula is C13H21F2N5. The van der Waals surface area contributed by atoms with Gasteiger partial charge in [0.15, 0.2) is 5.82 Å². The summed E-state index contributed by atoms with van der Waals surface area (Å²) in [5, 5.41) is 5.97. The van der Waals surface area contributed by atoms with Crippen LogP contribution in [0.3, 0.4) is 0 Å². The summed E-state index contributed by atoms with van der Waals surface area (Å²) in [6.07, 6.45) is 5.14. The molecule has 0 aromatic rings. The van der Waals surface area contributed by atoms with Crippen LogP contribution in [0.1, 0.15) is 20.3 Å². The Morgan fingerprint density at radius 3 is 2.75 bits per heavy atom. The first-order valence-corrected chi connectivity index (χ1v) is 6.43. The van der Waals surface area contributed by atoms with E-state index in [1.165, 1.54) is 12.2 Å². The number of halogens is 2. The lowest BCUT2D eigenvalue weighted by Gasteiger charge is -2.26. The van der Waals surface area contributed by atoms with E-state index in [9.17, 15) is 8.78 Å². The van der Waals surface area contributed by atoms with Gasteiger partial charge in [-0.25, -0.2) is 13.8 Å². The van der Waals surface area contributed by atoms with Crippen LogP contribution in [0.4, 0.5) is 8.78 Å². The second kappa shape index (κ2) is 7.64. The second-order valence-corrected chi connectivity index (χ2v) is 4.44. The third-order valence-corrected chi connectivity index (χ3v) is 2.78. The topological polar surface area (TPSA) is 88.5 Å². The summed E-state index contributed by atoms with van der Waals surface area (Å²) >= 11 is 0. The van der Waals surface area contributed by atoms with E-state index in [2.05, 4.69) is 15.6 Å². The fraction of sp³-hybridized carbons (Fsp3) is 0.462. The summed E-state index contributed by atoms with van der Waals surface area (Å²) < 4.78 is 26.2. The standard InChI is InChI=1S/C13H21F2N5/c1-3-9(14)13(17)20-11(16)6-7-18-12-5-4-10(15)8(2)19-12/h4-8,10,12,18-19H,3,17H2,1-2H3,(H2,16,20)/b7-6+,13-9+/t8-,10?,12?/m1/s1. The largest absolute Gasteiger partial charge is 0.384 e. The molecule has 0 aromatic carbocycles. The third-order valence-electron chi connectivity index (χ3n) is 2.78. The number of hydrogen-bond acceptors (Lipinski definition) is 4. The third kappa shape index (κ3) is 5.00. The van der Waals surface area contributed by atoms with Crippen LogP contribution >= 0.6 is 0 Å². The van der Waals surface area contributed by atoms with Crippen molar-refractivity contribution < 1.29 is 8.78 Å². The van der Waals surface area contributed by atoms with Gasteiger partial charge in [0.05, 0.1) is 6.17 Å². The van der Waals surface area contributed by atoms with E-state index in [1.54, 1.807) is 26.1 Å². The van der Waals surface area contributed by atoms with E-state index in [1.807, 2.05) is 0 Å². The first kappa shape index (κ1) is 16.2. The highest BCUT2D eigenvalue weighted by atomic mass is 19.1. The monoisotopic (exact) mass is 285 g/mol. The lowest BCUT2D eigenvalue weighted by molar-refractivity contribution is 0.281. The van der Waals surface area contributed by atoms with E-state index in [0.29, 0.717) is 0 Å². The summed E-state index contributed by atoms with van der Waals surface area (Å²) in [5.41, 5.74) is 11.0. The van der Waals surface area contributed by atoms with E-state index in [-0.39, 0.29) is 30.3 Å². The number of amidine groups is 1. The van der Waals surface area contributed by atoms with Crippen LogP contribution in [0.25, 0.3) is 0 Å². The number of alkyl halides is 1. The fourth-order valence-electron chi connectivity index (χ4n) is 1.57. The number of nitrogens with one attached hydrogen (secondary N) is 2. The smallest absolute Gasteiger partial charge is 0.157 e. The summed E-state index contributed by atoms with van der Waals surface area (Å²) in [5.74, 6) is -0.650. The molecule has 6 N–H and O–H groups in total. The van der Waals surface area contributed by atoms with E-state index in [0.717, 1.165) is 0 Å². The minimum atomic E-state index is -0.995. The molecule has 1 rings (SSSR count). The molecule has 5 nitrogen and oxygen atoms in total. The lowest BCUT2D eigenvalue weighted by Crippen LogP contribution is -2.49. The SMILES string of the molecule is CC\C(F)=C(N)/N=C(N)/C=C/NC1C=CC(F)[C@@H](C)N1. The highest BCUT2D eigenvalue weighted by Crippen LogP contribution is 2.08. The fourth-order valence-corrected chi connectivity index (χ4v) is 1.57. The number of aliphatic imine (C=N–C) groups is 1. The van der Waals surface area contributed by atoms with Crippen molar-refractivity contribution in [3.63, 3.8) is 0 Å². The van der Waals surface area contributed by atoms with Gasteiger partial charge in [0.1, 0.15) is 17.8 Å². The Bertz CT molecular complexity index is 442. The first-order chi connectivity index (χ1) is 9.43. The molecular weight excluding hydrogens is 264 g/mol. The maximum atomic E-state index is 13.2. The Balaban J connectivity index is 2.53. The van der Waals surface area contributed by atoms with Crippen LogP contribution in [0.5, 0.6) is 0 Å². The van der Waals surface area contributed by atoms with Gasteiger partial charge >= 0.3 is 0 Å². The number of hydrogen-bond donors (Lipinski definition) is 4. The zero-order valence-corrected chi connectivity index (χ0v) is 11.6. The van der Waals surface area contributed by atoms with E-state index >= 15 is 0 Å². The molecule has 1 aliphatic rings. The number of allylic oxidation sites excluding steroid dienone is 1. The molecule has 0 spiro atoms. The van der Waals surface area contributed by atoms with Gasteiger partial charge in [-0.15, -0.1) is 0 Å². The van der Waals surface area contributed by atoms with Gasteiger partial charge in [0.25, 0.3) is 0 Å². The van der Waals surface area contributed by atoms with Gasteiger partial charge in [-0.05, 0) is 25.2 Å². The molecule has 20 heavy (non-hydrogen) atoms. The zero-order valence-electron chi connectivity index (χ0n) is 11.6. The summed E-state index contributed by atoms with van der Waals surface area (Å²) in [4.78, 5) is 3.71. The Labute approximate surface area is 117 Å². The average molecular weight is 285 g/mol. The van der Waals surface area contributed by atoms with Crippen LogP contribution in [-0.2, 0) is 0 Å². The van der Waals surface area contributed by atoms with Gasteiger partial charge in [0, 0.05) is 18.7 Å². The van der Waals surface area contributed by atoms with Crippen LogP contribution in [0, 0.1) is 0 Å². The highest BCUT2D eigenvalue weighted by molar-refractivity contribution is 5.91. The second-order valence-electron chi connectivity index (χ2n) is 4.44. The lowest BCUT2D eigenvalue weighted by atomic mass is 10.1. The molecule has 0 amide bonds. The maximum Gasteiger partial charge on any atom is 0.157 e. The van der Waals surface area contributed by atoms with Crippen molar-refractivity contribution in [1.29, 1.82) is 0 Å². The first-order valence-electron chi connectivity index (χ1n) is 6.43. The molecule has 0 saturated heterocycles. The molecule has 0 radical (unpaired) electrons. The van der Waals surface area contributed by atoms with Crippen molar-refractivity contribution >= 4 is 5.84 Å². The van der Waals surface area contributed by atoms with Crippen molar-refractivity contribution in [3.8, 4) is 0 Å². The average Bonchev–Trinajstić information content (AvgIpc) is 2.41. The Kier molecular flexibility index (Phi) is 6.17. The molecule has 112 valence electrons. The summed E-state index contributed by atoms with van der Waals surface area (Å²) in [7, 11) is 0. The van der Waals surface area contributed by atoms with Crippen LogP contribution in [0.15, 0.2) is 41.1 Å². The number of rotatable bonds is 5. The normalized spacial score (nSPS) is 28.6. The van der Waals surface area contributed by atoms with Gasteiger partial charge in [-0.2, -0.15) is 0 Å². The van der Waals surface area contributed by atoms with Crippen molar-refractivity contribution in [2.45, 2.75) is 38.6 Å². The molecule has 0 bridgehead atoms. The molecule has 1 heterocycles. The van der Waals surface area contributed by atoms with Gasteiger partial charge in [-0.3, -0.25) is 5.32 Å². The molecule has 7 heteroatoms. The van der Waals surface area contributed by atoms with Crippen molar-refractivity contribution in [3.05, 3.63) is 36.1 Å². The molecule has 0 aromatic heterocycles. The molecule has 3 atom stereocenters. The number of nitrogens with two attached hydrogens (primary N) is 2. The minimum absolute atomic E-state index is 0.0785. The molecule has 2 unspecified atom stereocenters. The van der Waals surface area contributed by atoms with Gasteiger partial charge in [0.2, 0.25) is 0 Å². The van der Waals surface area contributed by atoms with Crippen molar-refractivity contribution in [2.24, 2.45) is 16.5 Å². The summed E-state index contributed by atoms with van der Waals surface area (Å²) in [6.45, 7) is 3.38. The van der Waals surface area contributed by atoms with E-state index < -0.39 is 12.0 Å².